The number of nitrogens with zero attached hydrogens (tertiary/aromatic N) is 3. The van der Waals surface area contributed by atoms with E-state index in [1.165, 1.54) is 18.2 Å². The van der Waals surface area contributed by atoms with Gasteiger partial charge in [0.1, 0.15) is 11.6 Å². The molecule has 0 spiro atoms. The first-order chi connectivity index (χ1) is 7.79. The van der Waals surface area contributed by atoms with Crippen molar-refractivity contribution in [2.75, 3.05) is 0 Å². The summed E-state index contributed by atoms with van der Waals surface area (Å²) >= 11 is 0. The highest BCUT2D eigenvalue weighted by Gasteiger charge is 2.17. The van der Waals surface area contributed by atoms with Crippen molar-refractivity contribution in [1.29, 1.82) is 0 Å². The van der Waals surface area contributed by atoms with Crippen LogP contribution in [-0.4, -0.2) is 6.10 Å². The van der Waals surface area contributed by atoms with Crippen LogP contribution in [0.3, 0.4) is 0 Å². The number of azide groups is 1. The van der Waals surface area contributed by atoms with Crippen LogP contribution in [0.1, 0.15) is 25.7 Å². The van der Waals surface area contributed by atoms with E-state index in [-0.39, 0.29) is 11.8 Å². The Morgan fingerprint density at radius 3 is 2.81 bits per heavy atom. The maximum absolute atomic E-state index is 12.9. The van der Waals surface area contributed by atoms with Crippen molar-refractivity contribution in [1.82, 2.24) is 0 Å². The summed E-state index contributed by atoms with van der Waals surface area (Å²) in [6, 6.07) is 4.00. The van der Waals surface area contributed by atoms with E-state index in [0.29, 0.717) is 5.75 Å². The summed E-state index contributed by atoms with van der Waals surface area (Å²) in [5.41, 5.74) is 8.59. The van der Waals surface area contributed by atoms with Crippen LogP contribution in [0, 0.1) is 5.82 Å². The maximum atomic E-state index is 12.9. The molecule has 1 aliphatic carbocycles. The summed E-state index contributed by atoms with van der Waals surface area (Å²) in [7, 11) is 0. The van der Waals surface area contributed by atoms with Crippen molar-refractivity contribution < 1.29 is 9.13 Å². The van der Waals surface area contributed by atoms with E-state index >= 15 is 0 Å². The molecule has 0 saturated heterocycles. The average Bonchev–Trinajstić information content (AvgIpc) is 2.75. The molecule has 0 radical (unpaired) electrons. The van der Waals surface area contributed by atoms with Crippen LogP contribution in [0.25, 0.3) is 10.4 Å². The highest BCUT2D eigenvalue weighted by molar-refractivity contribution is 5.51. The summed E-state index contributed by atoms with van der Waals surface area (Å²) in [6.07, 6.45) is 4.49. The van der Waals surface area contributed by atoms with Crippen LogP contribution in [-0.2, 0) is 0 Å². The second-order valence-electron chi connectivity index (χ2n) is 3.83. The van der Waals surface area contributed by atoms with Crippen molar-refractivity contribution in [3.63, 3.8) is 0 Å². The standard InChI is InChI=1S/C11H12FN3O/c12-8-5-6-11(10(7-8)14-15-13)16-9-3-1-2-4-9/h5-7,9H,1-4H2. The van der Waals surface area contributed by atoms with Crippen molar-refractivity contribution in [2.24, 2.45) is 5.11 Å². The van der Waals surface area contributed by atoms with E-state index in [0.717, 1.165) is 25.7 Å². The van der Waals surface area contributed by atoms with Gasteiger partial charge in [0.2, 0.25) is 0 Å². The molecule has 1 aromatic rings. The molecule has 0 heterocycles. The Balaban J connectivity index is 2.21. The molecule has 1 aliphatic rings. The van der Waals surface area contributed by atoms with Crippen LogP contribution in [0.4, 0.5) is 10.1 Å². The highest BCUT2D eigenvalue weighted by atomic mass is 19.1. The minimum Gasteiger partial charge on any atom is -0.490 e. The second-order valence-corrected chi connectivity index (χ2v) is 3.83. The zero-order valence-electron chi connectivity index (χ0n) is 8.77. The summed E-state index contributed by atoms with van der Waals surface area (Å²) in [5, 5.41) is 3.43. The normalized spacial score (nSPS) is 15.8. The van der Waals surface area contributed by atoms with Crippen LogP contribution in [0.15, 0.2) is 23.3 Å². The van der Waals surface area contributed by atoms with Crippen molar-refractivity contribution in [3.8, 4) is 5.75 Å². The van der Waals surface area contributed by atoms with E-state index < -0.39 is 5.82 Å². The molecule has 2 rings (SSSR count). The van der Waals surface area contributed by atoms with Crippen LogP contribution in [0.2, 0.25) is 0 Å². The number of ether oxygens (including phenoxy) is 1. The molecule has 0 aliphatic heterocycles. The lowest BCUT2D eigenvalue weighted by molar-refractivity contribution is 0.210. The minimum absolute atomic E-state index is 0.165. The summed E-state index contributed by atoms with van der Waals surface area (Å²) in [5.74, 6) is 0.0345. The van der Waals surface area contributed by atoms with E-state index in [9.17, 15) is 4.39 Å². The Hall–Kier alpha value is -1.74. The first-order valence-corrected chi connectivity index (χ1v) is 5.31. The molecule has 1 aromatic carbocycles. The van der Waals surface area contributed by atoms with Gasteiger partial charge in [-0.2, -0.15) is 0 Å². The van der Waals surface area contributed by atoms with Gasteiger partial charge in [0, 0.05) is 4.91 Å². The first kappa shape index (κ1) is 10.8. The number of halogens is 1. The van der Waals surface area contributed by atoms with Gasteiger partial charge in [-0.3, -0.25) is 0 Å². The van der Waals surface area contributed by atoms with Crippen molar-refractivity contribution in [2.45, 2.75) is 31.8 Å². The highest BCUT2D eigenvalue weighted by Crippen LogP contribution is 2.32. The minimum atomic E-state index is -0.429. The molecule has 0 bridgehead atoms. The predicted molar refractivity (Wildman–Crippen MR) is 58.1 cm³/mol. The SMILES string of the molecule is [N-]=[N+]=Nc1cc(F)ccc1OC1CCCC1. The second kappa shape index (κ2) is 4.86. The Morgan fingerprint density at radius 2 is 2.12 bits per heavy atom. The third-order valence-electron chi connectivity index (χ3n) is 2.67. The molecular formula is C11H12FN3O. The topological polar surface area (TPSA) is 58.0 Å². The van der Waals surface area contributed by atoms with Gasteiger partial charge in [0.05, 0.1) is 11.8 Å². The Kier molecular flexibility index (Phi) is 3.27. The van der Waals surface area contributed by atoms with Crippen molar-refractivity contribution >= 4 is 5.69 Å². The lowest BCUT2D eigenvalue weighted by atomic mass is 10.2. The van der Waals surface area contributed by atoms with Gasteiger partial charge in [-0.1, -0.05) is 5.11 Å². The largest absolute Gasteiger partial charge is 0.490 e. The molecular weight excluding hydrogens is 209 g/mol. The zero-order valence-corrected chi connectivity index (χ0v) is 8.77. The van der Waals surface area contributed by atoms with Gasteiger partial charge >= 0.3 is 0 Å². The maximum Gasteiger partial charge on any atom is 0.129 e. The molecule has 4 nitrogen and oxygen atoms in total. The van der Waals surface area contributed by atoms with Crippen molar-refractivity contribution in [3.05, 3.63) is 34.5 Å². The molecule has 0 atom stereocenters. The Morgan fingerprint density at radius 1 is 1.38 bits per heavy atom. The summed E-state index contributed by atoms with van der Waals surface area (Å²) in [4.78, 5) is 2.66. The number of hydrogen-bond acceptors (Lipinski definition) is 2. The van der Waals surface area contributed by atoms with Gasteiger partial charge in [-0.05, 0) is 49.4 Å². The Labute approximate surface area is 92.7 Å². The number of benzene rings is 1. The smallest absolute Gasteiger partial charge is 0.129 e. The third-order valence-corrected chi connectivity index (χ3v) is 2.67. The molecule has 0 amide bonds. The fraction of sp³-hybridized carbons (Fsp3) is 0.455. The monoisotopic (exact) mass is 221 g/mol. The molecule has 0 unspecified atom stereocenters. The predicted octanol–water partition coefficient (Wildman–Crippen LogP) is 4.09. The fourth-order valence-corrected chi connectivity index (χ4v) is 1.90. The quantitative estimate of drug-likeness (QED) is 0.430. The molecule has 16 heavy (non-hydrogen) atoms. The van der Waals surface area contributed by atoms with Crippen LogP contribution < -0.4 is 4.74 Å². The summed E-state index contributed by atoms with van der Waals surface area (Å²) in [6.45, 7) is 0. The number of rotatable bonds is 3. The van der Waals surface area contributed by atoms with E-state index in [4.69, 9.17) is 10.3 Å². The summed E-state index contributed by atoms with van der Waals surface area (Å²) < 4.78 is 18.6. The van der Waals surface area contributed by atoms with Gasteiger partial charge in [-0.25, -0.2) is 4.39 Å². The van der Waals surface area contributed by atoms with E-state index in [2.05, 4.69) is 10.0 Å². The van der Waals surface area contributed by atoms with Gasteiger partial charge < -0.3 is 4.74 Å². The molecule has 1 fully saturated rings. The zero-order chi connectivity index (χ0) is 11.4. The molecule has 1 saturated carbocycles. The van der Waals surface area contributed by atoms with E-state index in [1.807, 2.05) is 0 Å². The first-order valence-electron chi connectivity index (χ1n) is 5.31. The molecule has 0 N–H and O–H groups in total. The molecule has 5 heteroatoms. The third kappa shape index (κ3) is 2.44. The van der Waals surface area contributed by atoms with Crippen LogP contribution >= 0.6 is 0 Å². The fourth-order valence-electron chi connectivity index (χ4n) is 1.90. The average molecular weight is 221 g/mol. The van der Waals surface area contributed by atoms with Gasteiger partial charge in [0.15, 0.2) is 0 Å². The molecule has 84 valence electrons. The van der Waals surface area contributed by atoms with E-state index in [1.54, 1.807) is 0 Å². The Bertz CT molecular complexity index is 423. The van der Waals surface area contributed by atoms with Gasteiger partial charge in [-0.15, -0.1) is 0 Å². The lowest BCUT2D eigenvalue weighted by Gasteiger charge is -2.14. The molecule has 0 aromatic heterocycles. The number of hydrogen-bond donors (Lipinski definition) is 0. The lowest BCUT2D eigenvalue weighted by Crippen LogP contribution is -2.10. The van der Waals surface area contributed by atoms with Gasteiger partial charge in [0.25, 0.3) is 0 Å². The van der Waals surface area contributed by atoms with Crippen LogP contribution in [0.5, 0.6) is 5.75 Å².